The van der Waals surface area contributed by atoms with Crippen molar-refractivity contribution in [2.75, 3.05) is 45.8 Å². The predicted octanol–water partition coefficient (Wildman–Crippen LogP) is 3.70. The lowest BCUT2D eigenvalue weighted by molar-refractivity contribution is 0.0430. The van der Waals surface area contributed by atoms with Crippen LogP contribution in [0.1, 0.15) is 60.7 Å². The molecule has 1 N–H and O–H groups in total. The second kappa shape index (κ2) is 10.5. The molecule has 3 heterocycles. The number of rotatable bonds is 7. The van der Waals surface area contributed by atoms with Gasteiger partial charge in [-0.1, -0.05) is 45.0 Å². The molecule has 1 atom stereocenters. The summed E-state index contributed by atoms with van der Waals surface area (Å²) < 4.78 is 6.35. The second-order valence-electron chi connectivity index (χ2n) is 11.4. The standard InChI is InChI=1S/C30H41N3O3/c1-4-31-15-12-25(13-16-31)36-26-9-10-27-28(17-26)30(2,3)21-33(29(27)35)20-24(34)19-32-14-11-22-7-5-6-8-23(22)18-32/h5-10,17,24-25,34H,4,11-16,18-21H2,1-3H3/t24-/m1/s1. The molecule has 3 aliphatic heterocycles. The van der Waals surface area contributed by atoms with Crippen LogP contribution in [0.3, 0.4) is 0 Å². The van der Waals surface area contributed by atoms with Crippen LogP contribution in [0, 0.1) is 0 Å². The first kappa shape index (κ1) is 25.2. The lowest BCUT2D eigenvalue weighted by Gasteiger charge is -2.41. The van der Waals surface area contributed by atoms with Crippen LogP contribution in [0.15, 0.2) is 42.5 Å². The van der Waals surface area contributed by atoms with E-state index in [4.69, 9.17) is 4.74 Å². The van der Waals surface area contributed by atoms with Gasteiger partial charge in [-0.2, -0.15) is 0 Å². The van der Waals surface area contributed by atoms with Crippen molar-refractivity contribution >= 4 is 5.91 Å². The van der Waals surface area contributed by atoms with Crippen LogP contribution in [0.25, 0.3) is 0 Å². The number of nitrogens with zero attached hydrogens (tertiary/aromatic N) is 3. The highest BCUT2D eigenvalue weighted by atomic mass is 16.5. The van der Waals surface area contributed by atoms with Crippen molar-refractivity contribution in [3.63, 3.8) is 0 Å². The number of carbonyl (C=O) groups is 1. The highest BCUT2D eigenvalue weighted by Gasteiger charge is 2.38. The van der Waals surface area contributed by atoms with Gasteiger partial charge in [-0.05, 0) is 60.7 Å². The van der Waals surface area contributed by atoms with E-state index in [0.29, 0.717) is 19.6 Å². The Balaban J connectivity index is 1.22. The molecule has 0 aliphatic carbocycles. The highest BCUT2D eigenvalue weighted by molar-refractivity contribution is 5.97. The first-order valence-electron chi connectivity index (χ1n) is 13.6. The van der Waals surface area contributed by atoms with Gasteiger partial charge < -0.3 is 19.6 Å². The number of aliphatic hydroxyl groups is 1. The zero-order chi connectivity index (χ0) is 25.3. The van der Waals surface area contributed by atoms with Gasteiger partial charge in [0.25, 0.3) is 5.91 Å². The van der Waals surface area contributed by atoms with E-state index in [-0.39, 0.29) is 17.4 Å². The molecule has 6 heteroatoms. The number of amides is 1. The molecular weight excluding hydrogens is 450 g/mol. The van der Waals surface area contributed by atoms with Crippen LogP contribution in [0.5, 0.6) is 5.75 Å². The topological polar surface area (TPSA) is 56.2 Å². The van der Waals surface area contributed by atoms with E-state index < -0.39 is 6.10 Å². The molecule has 2 aromatic rings. The van der Waals surface area contributed by atoms with Crippen molar-refractivity contribution in [3.05, 3.63) is 64.7 Å². The number of hydrogen-bond donors (Lipinski definition) is 1. The highest BCUT2D eigenvalue weighted by Crippen LogP contribution is 2.36. The first-order valence-corrected chi connectivity index (χ1v) is 13.6. The zero-order valence-electron chi connectivity index (χ0n) is 22.1. The Morgan fingerprint density at radius 3 is 2.53 bits per heavy atom. The molecule has 1 fully saturated rings. The van der Waals surface area contributed by atoms with Gasteiger partial charge in [0, 0.05) is 56.8 Å². The van der Waals surface area contributed by atoms with Gasteiger partial charge in [0.2, 0.25) is 0 Å². The molecule has 1 saturated heterocycles. The van der Waals surface area contributed by atoms with E-state index in [2.05, 4.69) is 60.9 Å². The van der Waals surface area contributed by atoms with E-state index in [1.54, 1.807) is 0 Å². The Labute approximate surface area is 215 Å². The van der Waals surface area contributed by atoms with E-state index in [1.165, 1.54) is 11.1 Å². The summed E-state index contributed by atoms with van der Waals surface area (Å²) in [6, 6.07) is 14.5. The normalized spacial score (nSPS) is 21.7. The molecule has 0 bridgehead atoms. The Bertz CT molecular complexity index is 1080. The van der Waals surface area contributed by atoms with Crippen molar-refractivity contribution in [2.45, 2.75) is 64.2 Å². The van der Waals surface area contributed by atoms with Crippen molar-refractivity contribution in [2.24, 2.45) is 0 Å². The first-order chi connectivity index (χ1) is 17.3. The minimum atomic E-state index is -0.576. The predicted molar refractivity (Wildman–Crippen MR) is 143 cm³/mol. The maximum atomic E-state index is 13.4. The fourth-order valence-corrected chi connectivity index (χ4v) is 6.15. The zero-order valence-corrected chi connectivity index (χ0v) is 22.1. The lowest BCUT2D eigenvalue weighted by Crippen LogP contribution is -2.51. The van der Waals surface area contributed by atoms with Gasteiger partial charge in [0.1, 0.15) is 11.9 Å². The largest absolute Gasteiger partial charge is 0.490 e. The van der Waals surface area contributed by atoms with Crippen LogP contribution >= 0.6 is 0 Å². The molecule has 6 nitrogen and oxygen atoms in total. The molecule has 0 saturated carbocycles. The summed E-state index contributed by atoms with van der Waals surface area (Å²) in [4.78, 5) is 20.0. The third-order valence-electron chi connectivity index (χ3n) is 8.22. The number of β-amino-alcohol motifs (C(OH)–C–C–N with tert-alkyl or cyclic N) is 1. The van der Waals surface area contributed by atoms with Crippen molar-refractivity contribution in [1.82, 2.24) is 14.7 Å². The maximum absolute atomic E-state index is 13.4. The summed E-state index contributed by atoms with van der Waals surface area (Å²) in [6.45, 7) is 13.2. The van der Waals surface area contributed by atoms with Crippen molar-refractivity contribution in [1.29, 1.82) is 0 Å². The minimum Gasteiger partial charge on any atom is -0.490 e. The van der Waals surface area contributed by atoms with Crippen LogP contribution in [0.4, 0.5) is 0 Å². The van der Waals surface area contributed by atoms with Gasteiger partial charge >= 0.3 is 0 Å². The number of likely N-dealkylation sites (tertiary alicyclic amines) is 1. The van der Waals surface area contributed by atoms with E-state index in [1.807, 2.05) is 17.0 Å². The summed E-state index contributed by atoms with van der Waals surface area (Å²) in [5.41, 5.74) is 4.32. The number of aliphatic hydroxyl groups excluding tert-OH is 1. The number of fused-ring (bicyclic) bond motifs is 2. The van der Waals surface area contributed by atoms with E-state index in [9.17, 15) is 9.90 Å². The van der Waals surface area contributed by atoms with Gasteiger partial charge in [-0.25, -0.2) is 0 Å². The summed E-state index contributed by atoms with van der Waals surface area (Å²) >= 11 is 0. The summed E-state index contributed by atoms with van der Waals surface area (Å²) in [5.74, 6) is 0.874. The van der Waals surface area contributed by atoms with Crippen LogP contribution in [-0.2, 0) is 18.4 Å². The molecule has 194 valence electrons. The molecule has 0 aromatic heterocycles. The smallest absolute Gasteiger partial charge is 0.254 e. The van der Waals surface area contributed by atoms with E-state index >= 15 is 0 Å². The maximum Gasteiger partial charge on any atom is 0.254 e. The third-order valence-corrected chi connectivity index (χ3v) is 8.22. The molecule has 0 radical (unpaired) electrons. The quantitative estimate of drug-likeness (QED) is 0.640. The molecule has 0 spiro atoms. The molecule has 0 unspecified atom stereocenters. The van der Waals surface area contributed by atoms with Crippen LogP contribution in [0.2, 0.25) is 0 Å². The number of piperidine rings is 1. The Kier molecular flexibility index (Phi) is 7.38. The van der Waals surface area contributed by atoms with Crippen LogP contribution in [-0.4, -0.2) is 83.7 Å². The molecule has 1 amide bonds. The molecule has 2 aromatic carbocycles. The van der Waals surface area contributed by atoms with Gasteiger partial charge in [-0.15, -0.1) is 0 Å². The fraction of sp³-hybridized carbons (Fsp3) is 0.567. The second-order valence-corrected chi connectivity index (χ2v) is 11.4. The SMILES string of the molecule is CCN1CCC(Oc2ccc3c(c2)C(C)(C)CN(C[C@H](O)CN2CCc4ccccc4C2)C3=O)CC1. The van der Waals surface area contributed by atoms with Gasteiger partial charge in [0.05, 0.1) is 6.10 Å². The summed E-state index contributed by atoms with van der Waals surface area (Å²) in [5, 5.41) is 10.9. The number of carbonyl (C=O) groups excluding carboxylic acids is 1. The Hall–Kier alpha value is -2.41. The van der Waals surface area contributed by atoms with Crippen molar-refractivity contribution in [3.8, 4) is 5.75 Å². The summed E-state index contributed by atoms with van der Waals surface area (Å²) in [6.07, 6.45) is 2.76. The molecule has 5 rings (SSSR count). The Morgan fingerprint density at radius 2 is 1.78 bits per heavy atom. The Morgan fingerprint density at radius 1 is 1.03 bits per heavy atom. The molecule has 36 heavy (non-hydrogen) atoms. The average Bonchev–Trinajstić information content (AvgIpc) is 2.87. The number of benzene rings is 2. The fourth-order valence-electron chi connectivity index (χ4n) is 6.15. The summed E-state index contributed by atoms with van der Waals surface area (Å²) in [7, 11) is 0. The monoisotopic (exact) mass is 491 g/mol. The lowest BCUT2D eigenvalue weighted by atomic mass is 9.78. The van der Waals surface area contributed by atoms with Crippen LogP contribution < -0.4 is 4.74 Å². The average molecular weight is 492 g/mol. The third kappa shape index (κ3) is 5.46. The number of hydrogen-bond acceptors (Lipinski definition) is 5. The molecular formula is C30H41N3O3. The number of ether oxygens (including phenoxy) is 1. The van der Waals surface area contributed by atoms with Gasteiger partial charge in [0.15, 0.2) is 0 Å². The minimum absolute atomic E-state index is 0.00942. The van der Waals surface area contributed by atoms with E-state index in [0.717, 1.165) is 68.9 Å². The van der Waals surface area contributed by atoms with Crippen molar-refractivity contribution < 1.29 is 14.6 Å². The molecule has 3 aliphatic rings. The van der Waals surface area contributed by atoms with Gasteiger partial charge in [-0.3, -0.25) is 9.69 Å².